The van der Waals surface area contributed by atoms with E-state index < -0.39 is 0 Å². The van der Waals surface area contributed by atoms with E-state index in [1.54, 1.807) is 0 Å². The third-order valence-corrected chi connectivity index (χ3v) is 4.35. The second-order valence-electron chi connectivity index (χ2n) is 5.47. The van der Waals surface area contributed by atoms with Crippen molar-refractivity contribution in [3.63, 3.8) is 0 Å². The Bertz CT molecular complexity index is 476. The number of benzene rings is 1. The van der Waals surface area contributed by atoms with Crippen LogP contribution in [0.5, 0.6) is 11.5 Å². The normalized spacial score (nSPS) is 19.5. The van der Waals surface area contributed by atoms with E-state index in [0.717, 1.165) is 40.4 Å². The van der Waals surface area contributed by atoms with Gasteiger partial charge in [0.25, 0.3) is 0 Å². The fraction of sp³-hybridized carbons (Fsp3) is 0.600. The Morgan fingerprint density at radius 3 is 2.85 bits per heavy atom. The zero-order chi connectivity index (χ0) is 13.9. The lowest BCUT2D eigenvalue weighted by Gasteiger charge is -2.19. The van der Waals surface area contributed by atoms with E-state index in [0.29, 0.717) is 13.2 Å². The summed E-state index contributed by atoms with van der Waals surface area (Å²) in [4.78, 5) is 0. The van der Waals surface area contributed by atoms with Crippen LogP contribution in [0.4, 0.5) is 0 Å². The van der Waals surface area contributed by atoms with Gasteiger partial charge in [-0.15, -0.1) is 0 Å². The second-order valence-corrected chi connectivity index (χ2v) is 6.32. The van der Waals surface area contributed by atoms with Gasteiger partial charge in [0.05, 0.1) is 30.3 Å². The maximum Gasteiger partial charge on any atom is 0.175 e. The van der Waals surface area contributed by atoms with Crippen LogP contribution in [0.15, 0.2) is 16.6 Å². The molecule has 2 N–H and O–H groups in total. The molecule has 3 rings (SSSR count). The van der Waals surface area contributed by atoms with Crippen molar-refractivity contribution in [3.05, 3.63) is 22.2 Å². The number of fused-ring (bicyclic) bond motifs is 1. The zero-order valence-corrected chi connectivity index (χ0v) is 13.0. The molecule has 0 amide bonds. The van der Waals surface area contributed by atoms with Crippen LogP contribution in [0.2, 0.25) is 0 Å². The molecule has 5 heteroatoms. The van der Waals surface area contributed by atoms with Crippen molar-refractivity contribution in [2.45, 2.75) is 25.3 Å². The van der Waals surface area contributed by atoms with Gasteiger partial charge in [-0.25, -0.2) is 0 Å². The van der Waals surface area contributed by atoms with Crippen LogP contribution in [0.25, 0.3) is 0 Å². The van der Waals surface area contributed by atoms with Gasteiger partial charge < -0.3 is 19.9 Å². The molecule has 1 fully saturated rings. The molecule has 110 valence electrons. The van der Waals surface area contributed by atoms with E-state index in [2.05, 4.69) is 21.2 Å². The molecule has 1 unspecified atom stereocenters. The number of rotatable bonds is 5. The first kappa shape index (κ1) is 14.2. The molecular weight excluding hydrogens is 322 g/mol. The van der Waals surface area contributed by atoms with Crippen molar-refractivity contribution in [2.75, 3.05) is 26.4 Å². The number of ether oxygens (including phenoxy) is 2. The fourth-order valence-corrected chi connectivity index (χ4v) is 2.94. The van der Waals surface area contributed by atoms with Crippen molar-refractivity contribution in [2.24, 2.45) is 5.92 Å². The molecule has 1 aromatic rings. The third-order valence-electron chi connectivity index (χ3n) is 3.76. The highest BCUT2D eigenvalue weighted by Gasteiger charge is 2.24. The summed E-state index contributed by atoms with van der Waals surface area (Å²) in [6, 6.07) is 3.93. The summed E-state index contributed by atoms with van der Waals surface area (Å²) < 4.78 is 12.3. The summed E-state index contributed by atoms with van der Waals surface area (Å²) >= 11 is 3.54. The van der Waals surface area contributed by atoms with Gasteiger partial charge in [-0.2, -0.15) is 0 Å². The molecule has 0 aromatic heterocycles. The lowest BCUT2D eigenvalue weighted by Crippen LogP contribution is -2.26. The number of hydrogen-bond donors (Lipinski definition) is 2. The average Bonchev–Trinajstić information content (AvgIpc) is 3.25. The quantitative estimate of drug-likeness (QED) is 0.864. The van der Waals surface area contributed by atoms with Gasteiger partial charge >= 0.3 is 0 Å². The summed E-state index contributed by atoms with van der Waals surface area (Å²) in [5.41, 5.74) is 1.03. The number of nitrogens with one attached hydrogen (secondary N) is 1. The molecule has 0 radical (unpaired) electrons. The monoisotopic (exact) mass is 341 g/mol. The van der Waals surface area contributed by atoms with Gasteiger partial charge in [-0.3, -0.25) is 0 Å². The molecule has 4 nitrogen and oxygen atoms in total. The first-order valence-corrected chi connectivity index (χ1v) is 8.00. The summed E-state index contributed by atoms with van der Waals surface area (Å²) in [6.45, 7) is 2.40. The van der Waals surface area contributed by atoms with Gasteiger partial charge in [-0.1, -0.05) is 0 Å². The van der Waals surface area contributed by atoms with E-state index in [1.807, 2.05) is 12.1 Å². The van der Waals surface area contributed by atoms with E-state index in [4.69, 9.17) is 9.47 Å². The minimum absolute atomic E-state index is 0.0518. The lowest BCUT2D eigenvalue weighted by atomic mass is 10.1. The Balaban J connectivity index is 1.80. The molecular formula is C15H20BrNO3. The highest BCUT2D eigenvalue weighted by Crippen LogP contribution is 2.39. The van der Waals surface area contributed by atoms with Crippen molar-refractivity contribution in [3.8, 4) is 11.5 Å². The molecule has 0 bridgehead atoms. The van der Waals surface area contributed by atoms with Crippen molar-refractivity contribution in [1.82, 2.24) is 5.32 Å². The molecule has 1 heterocycles. The average molecular weight is 342 g/mol. The highest BCUT2D eigenvalue weighted by atomic mass is 79.9. The third kappa shape index (κ3) is 3.27. The maximum absolute atomic E-state index is 9.61. The van der Waals surface area contributed by atoms with Crippen molar-refractivity contribution in [1.29, 1.82) is 0 Å². The molecule has 1 aliphatic heterocycles. The Kier molecular flexibility index (Phi) is 4.48. The van der Waals surface area contributed by atoms with Gasteiger partial charge in [0.15, 0.2) is 11.5 Å². The van der Waals surface area contributed by atoms with Crippen LogP contribution < -0.4 is 14.8 Å². The summed E-state index contributed by atoms with van der Waals surface area (Å²) in [6.07, 6.45) is 3.49. The highest BCUT2D eigenvalue weighted by molar-refractivity contribution is 9.10. The second kappa shape index (κ2) is 6.33. The first-order chi connectivity index (χ1) is 9.78. The van der Waals surface area contributed by atoms with Crippen LogP contribution in [-0.2, 0) is 0 Å². The van der Waals surface area contributed by atoms with Crippen LogP contribution in [0.3, 0.4) is 0 Å². The number of hydrogen-bond acceptors (Lipinski definition) is 4. The molecule has 0 saturated heterocycles. The molecule has 20 heavy (non-hydrogen) atoms. The molecule has 1 saturated carbocycles. The summed E-state index contributed by atoms with van der Waals surface area (Å²) in [7, 11) is 0. The number of aliphatic hydroxyl groups excluding tert-OH is 1. The number of halogens is 1. The van der Waals surface area contributed by atoms with Crippen LogP contribution in [0.1, 0.15) is 30.9 Å². The Hall–Kier alpha value is -0.780. The molecule has 0 spiro atoms. The zero-order valence-electron chi connectivity index (χ0n) is 11.4. The summed E-state index contributed by atoms with van der Waals surface area (Å²) in [5, 5.41) is 13.0. The van der Waals surface area contributed by atoms with Crippen LogP contribution in [-0.4, -0.2) is 31.5 Å². The van der Waals surface area contributed by atoms with Gasteiger partial charge in [0, 0.05) is 6.42 Å². The minimum atomic E-state index is -0.0518. The number of aliphatic hydroxyl groups is 1. The Labute approximate surface area is 127 Å². The predicted octanol–water partition coefficient (Wildman–Crippen LogP) is 2.64. The first-order valence-electron chi connectivity index (χ1n) is 7.21. The maximum atomic E-state index is 9.61. The smallest absolute Gasteiger partial charge is 0.175 e. The van der Waals surface area contributed by atoms with E-state index in [-0.39, 0.29) is 12.6 Å². The molecule has 1 aliphatic carbocycles. The summed E-state index contributed by atoms with van der Waals surface area (Å²) in [5.74, 6) is 2.32. The van der Waals surface area contributed by atoms with E-state index in [1.165, 1.54) is 12.8 Å². The van der Waals surface area contributed by atoms with Gasteiger partial charge in [-0.05, 0) is 58.9 Å². The van der Waals surface area contributed by atoms with Gasteiger partial charge in [0.1, 0.15) is 0 Å². The van der Waals surface area contributed by atoms with Crippen molar-refractivity contribution < 1.29 is 14.6 Å². The largest absolute Gasteiger partial charge is 0.490 e. The predicted molar refractivity (Wildman–Crippen MR) is 80.3 cm³/mol. The van der Waals surface area contributed by atoms with E-state index >= 15 is 0 Å². The Morgan fingerprint density at radius 1 is 1.30 bits per heavy atom. The van der Waals surface area contributed by atoms with Gasteiger partial charge in [0.2, 0.25) is 0 Å². The topological polar surface area (TPSA) is 50.7 Å². The Morgan fingerprint density at radius 2 is 2.10 bits per heavy atom. The SMILES string of the molecule is OCC(NCC1CC1)c1cc(Br)c2c(c1)OCCCO2. The minimum Gasteiger partial charge on any atom is -0.490 e. The standard InChI is InChI=1S/C15H20BrNO3/c16-12-6-11(13(9-18)17-8-10-2-3-10)7-14-15(12)20-5-1-4-19-14/h6-7,10,13,17-18H,1-5,8-9H2. The lowest BCUT2D eigenvalue weighted by molar-refractivity contribution is 0.243. The van der Waals surface area contributed by atoms with Crippen LogP contribution in [0, 0.1) is 5.92 Å². The molecule has 2 aliphatic rings. The van der Waals surface area contributed by atoms with Crippen LogP contribution >= 0.6 is 15.9 Å². The van der Waals surface area contributed by atoms with E-state index in [9.17, 15) is 5.11 Å². The fourth-order valence-electron chi connectivity index (χ4n) is 2.37. The molecule has 1 atom stereocenters. The molecule has 1 aromatic carbocycles. The van der Waals surface area contributed by atoms with Crippen molar-refractivity contribution >= 4 is 15.9 Å².